The van der Waals surface area contributed by atoms with Crippen molar-refractivity contribution in [2.75, 3.05) is 6.61 Å². The summed E-state index contributed by atoms with van der Waals surface area (Å²) in [5, 5.41) is 0. The largest absolute Gasteiger partial charge is 0.467 e. The summed E-state index contributed by atoms with van der Waals surface area (Å²) in [5.41, 5.74) is 0.00889. The van der Waals surface area contributed by atoms with Gasteiger partial charge in [-0.15, -0.1) is 27.1 Å². The SMILES string of the molecule is CC#CCOc1nsnc1O[C@]12CC[C@@H](CC1)C2.Cl. The van der Waals surface area contributed by atoms with E-state index in [1.165, 1.54) is 19.3 Å². The normalized spacial score (nSPS) is 27.3. The van der Waals surface area contributed by atoms with Crippen LogP contribution in [0.1, 0.15) is 39.0 Å². The molecule has 6 heteroatoms. The second-order valence-corrected chi connectivity index (χ2v) is 5.55. The Morgan fingerprint density at radius 2 is 2.05 bits per heavy atom. The third kappa shape index (κ3) is 2.96. The van der Waals surface area contributed by atoms with Crippen LogP contribution in [0.25, 0.3) is 0 Å². The van der Waals surface area contributed by atoms with Crippen molar-refractivity contribution in [3.05, 3.63) is 0 Å². The molecular formula is C13H17ClN2O2S. The van der Waals surface area contributed by atoms with Gasteiger partial charge in [-0.3, -0.25) is 0 Å². The summed E-state index contributed by atoms with van der Waals surface area (Å²) in [6.07, 6.45) is 6.02. The zero-order valence-corrected chi connectivity index (χ0v) is 12.5. The van der Waals surface area contributed by atoms with Gasteiger partial charge in [-0.05, 0) is 44.9 Å². The van der Waals surface area contributed by atoms with Crippen molar-refractivity contribution in [3.63, 3.8) is 0 Å². The standard InChI is InChI=1S/C13H16N2O2S.ClH/c1-2-3-8-16-11-12(15-18-14-11)17-13-6-4-10(9-13)5-7-13;/h10H,4-9H2,1H3;1H/t10-,13+;. The third-order valence-corrected chi connectivity index (χ3v) is 4.37. The van der Waals surface area contributed by atoms with Gasteiger partial charge in [0.15, 0.2) is 6.61 Å². The highest BCUT2D eigenvalue weighted by atomic mass is 35.5. The lowest BCUT2D eigenvalue weighted by Gasteiger charge is -2.26. The Kier molecular flexibility index (Phi) is 4.54. The van der Waals surface area contributed by atoms with Crippen molar-refractivity contribution in [1.29, 1.82) is 0 Å². The zero-order valence-electron chi connectivity index (χ0n) is 10.8. The van der Waals surface area contributed by atoms with Gasteiger partial charge < -0.3 is 9.47 Å². The Bertz CT molecular complexity index is 486. The second-order valence-electron chi connectivity index (χ2n) is 5.02. The van der Waals surface area contributed by atoms with Crippen LogP contribution < -0.4 is 9.47 Å². The molecule has 0 N–H and O–H groups in total. The van der Waals surface area contributed by atoms with Crippen LogP contribution in [0.15, 0.2) is 0 Å². The summed E-state index contributed by atoms with van der Waals surface area (Å²) in [4.78, 5) is 0. The molecule has 0 aromatic carbocycles. The molecule has 2 bridgehead atoms. The molecule has 1 heterocycles. The van der Waals surface area contributed by atoms with Gasteiger partial charge in [0.25, 0.3) is 11.8 Å². The molecule has 19 heavy (non-hydrogen) atoms. The summed E-state index contributed by atoms with van der Waals surface area (Å²) < 4.78 is 19.9. The highest BCUT2D eigenvalue weighted by Crippen LogP contribution is 2.50. The number of nitrogens with zero attached hydrogens (tertiary/aromatic N) is 2. The van der Waals surface area contributed by atoms with Gasteiger partial charge in [0, 0.05) is 0 Å². The van der Waals surface area contributed by atoms with E-state index in [0.29, 0.717) is 18.4 Å². The summed E-state index contributed by atoms with van der Waals surface area (Å²) in [6.45, 7) is 2.13. The average Bonchev–Trinajstić information content (AvgIpc) is 3.06. The molecule has 0 aliphatic heterocycles. The lowest BCUT2D eigenvalue weighted by molar-refractivity contribution is 0.0713. The molecule has 0 unspecified atom stereocenters. The molecule has 0 amide bonds. The van der Waals surface area contributed by atoms with E-state index in [2.05, 4.69) is 20.6 Å². The van der Waals surface area contributed by atoms with Crippen LogP contribution in [-0.4, -0.2) is 21.0 Å². The van der Waals surface area contributed by atoms with Crippen LogP contribution in [0.5, 0.6) is 11.8 Å². The van der Waals surface area contributed by atoms with Crippen LogP contribution in [0.3, 0.4) is 0 Å². The van der Waals surface area contributed by atoms with Gasteiger partial charge in [0.05, 0.1) is 11.7 Å². The first kappa shape index (κ1) is 14.4. The van der Waals surface area contributed by atoms with Crippen LogP contribution in [-0.2, 0) is 0 Å². The quantitative estimate of drug-likeness (QED) is 0.802. The molecule has 0 spiro atoms. The molecule has 4 nitrogen and oxygen atoms in total. The van der Waals surface area contributed by atoms with E-state index in [0.717, 1.165) is 30.5 Å². The molecule has 0 saturated heterocycles. The first-order valence-corrected chi connectivity index (χ1v) is 7.08. The maximum absolute atomic E-state index is 6.12. The van der Waals surface area contributed by atoms with E-state index in [4.69, 9.17) is 9.47 Å². The van der Waals surface area contributed by atoms with E-state index < -0.39 is 0 Å². The summed E-state index contributed by atoms with van der Waals surface area (Å²) in [5.74, 6) is 7.54. The van der Waals surface area contributed by atoms with Crippen LogP contribution >= 0.6 is 24.1 Å². The first-order chi connectivity index (χ1) is 8.81. The predicted molar refractivity (Wildman–Crippen MR) is 76.0 cm³/mol. The van der Waals surface area contributed by atoms with Crippen LogP contribution in [0.2, 0.25) is 0 Å². The Hall–Kier alpha value is -0.990. The molecule has 3 rings (SSSR count). The molecule has 0 radical (unpaired) electrons. The Morgan fingerprint density at radius 3 is 2.68 bits per heavy atom. The minimum absolute atomic E-state index is 0. The predicted octanol–water partition coefficient (Wildman–Crippen LogP) is 3.07. The fourth-order valence-corrected chi connectivity index (χ4v) is 3.42. The molecule has 0 atom stereocenters. The summed E-state index contributed by atoms with van der Waals surface area (Å²) >= 11 is 1.13. The number of rotatable bonds is 4. The van der Waals surface area contributed by atoms with Crippen LogP contribution in [0.4, 0.5) is 0 Å². The molecule has 1 aromatic heterocycles. The van der Waals surface area contributed by atoms with Crippen molar-refractivity contribution < 1.29 is 9.47 Å². The maximum Gasteiger partial charge on any atom is 0.292 e. The van der Waals surface area contributed by atoms with Crippen molar-refractivity contribution in [3.8, 4) is 23.6 Å². The molecule has 1 aromatic rings. The lowest BCUT2D eigenvalue weighted by atomic mass is 9.97. The highest BCUT2D eigenvalue weighted by Gasteiger charge is 2.47. The molecular weight excluding hydrogens is 284 g/mol. The number of ether oxygens (including phenoxy) is 2. The number of fused-ring (bicyclic) bond motifs is 2. The van der Waals surface area contributed by atoms with Gasteiger partial charge >= 0.3 is 0 Å². The van der Waals surface area contributed by atoms with Crippen molar-refractivity contribution in [2.24, 2.45) is 5.92 Å². The van der Waals surface area contributed by atoms with E-state index >= 15 is 0 Å². The number of hydrogen-bond acceptors (Lipinski definition) is 5. The molecule has 2 aliphatic rings. The topological polar surface area (TPSA) is 44.2 Å². The van der Waals surface area contributed by atoms with Gasteiger partial charge in [0.1, 0.15) is 5.60 Å². The minimum Gasteiger partial charge on any atom is -0.467 e. The second kappa shape index (κ2) is 5.98. The van der Waals surface area contributed by atoms with Crippen molar-refractivity contribution >= 4 is 24.1 Å². The summed E-state index contributed by atoms with van der Waals surface area (Å²) in [7, 11) is 0. The third-order valence-electron chi connectivity index (χ3n) is 3.88. The fourth-order valence-electron chi connectivity index (χ4n) is 2.99. The fraction of sp³-hybridized carbons (Fsp3) is 0.692. The maximum atomic E-state index is 6.12. The van der Waals surface area contributed by atoms with Crippen LogP contribution in [0, 0.1) is 17.8 Å². The van der Waals surface area contributed by atoms with E-state index in [-0.39, 0.29) is 18.0 Å². The van der Waals surface area contributed by atoms with Crippen molar-refractivity contribution in [1.82, 2.24) is 8.75 Å². The molecule has 2 aliphatic carbocycles. The number of aromatic nitrogens is 2. The monoisotopic (exact) mass is 300 g/mol. The molecule has 2 fully saturated rings. The van der Waals surface area contributed by atoms with Gasteiger partial charge in [-0.2, -0.15) is 0 Å². The Balaban J connectivity index is 0.00000133. The lowest BCUT2D eigenvalue weighted by Crippen LogP contribution is -2.30. The van der Waals surface area contributed by atoms with Gasteiger partial charge in [-0.25, -0.2) is 0 Å². The smallest absolute Gasteiger partial charge is 0.292 e. The van der Waals surface area contributed by atoms with E-state index in [1.807, 2.05) is 0 Å². The first-order valence-electron chi connectivity index (χ1n) is 6.35. The Labute approximate surface area is 123 Å². The molecule has 104 valence electrons. The zero-order chi connectivity index (χ0) is 12.4. The number of hydrogen-bond donors (Lipinski definition) is 0. The minimum atomic E-state index is 0. The average molecular weight is 301 g/mol. The number of halogens is 1. The van der Waals surface area contributed by atoms with Crippen molar-refractivity contribution in [2.45, 2.75) is 44.6 Å². The van der Waals surface area contributed by atoms with Gasteiger partial charge in [0.2, 0.25) is 0 Å². The summed E-state index contributed by atoms with van der Waals surface area (Å²) in [6, 6.07) is 0. The van der Waals surface area contributed by atoms with E-state index in [9.17, 15) is 0 Å². The van der Waals surface area contributed by atoms with E-state index in [1.54, 1.807) is 6.92 Å². The van der Waals surface area contributed by atoms with Gasteiger partial charge in [-0.1, -0.05) is 5.92 Å². The molecule has 2 saturated carbocycles. The Morgan fingerprint density at radius 1 is 1.32 bits per heavy atom. The highest BCUT2D eigenvalue weighted by molar-refractivity contribution is 6.99.